The number of fused-ring (bicyclic) bond motifs is 1. The van der Waals surface area contributed by atoms with E-state index < -0.39 is 5.63 Å². The molecule has 0 aliphatic heterocycles. The molecule has 0 unspecified atom stereocenters. The molecule has 1 aromatic heterocycles. The average molecular weight is 240 g/mol. The van der Waals surface area contributed by atoms with Crippen LogP contribution >= 0.6 is 0 Å². The molecule has 3 heteroatoms. The molecule has 2 aromatic carbocycles. The third kappa shape index (κ3) is 1.80. The Morgan fingerprint density at radius 2 is 1.67 bits per heavy atom. The van der Waals surface area contributed by atoms with Gasteiger partial charge in [-0.15, -0.1) is 0 Å². The summed E-state index contributed by atoms with van der Waals surface area (Å²) in [4.78, 5) is 11.9. The smallest absolute Gasteiger partial charge is 0.344 e. The van der Waals surface area contributed by atoms with Gasteiger partial charge in [0.2, 0.25) is 0 Å². The molecule has 0 radical (unpaired) electrons. The van der Waals surface area contributed by atoms with Crippen LogP contribution in [-0.4, -0.2) is 0 Å². The quantitative estimate of drug-likeness (QED) is 0.608. The van der Waals surface area contributed by atoms with Crippen LogP contribution in [0.1, 0.15) is 0 Å². The molecular weight excluding hydrogens is 231 g/mol. The van der Waals surface area contributed by atoms with Crippen LogP contribution in [0.3, 0.4) is 0 Å². The van der Waals surface area contributed by atoms with E-state index in [0.717, 1.165) is 5.39 Å². The van der Waals surface area contributed by atoms with Gasteiger partial charge in [0, 0.05) is 5.39 Å². The van der Waals surface area contributed by atoms with Crippen LogP contribution in [-0.2, 0) is 0 Å². The monoisotopic (exact) mass is 240 g/mol. The fourth-order valence-electron chi connectivity index (χ4n) is 1.89. The van der Waals surface area contributed by atoms with E-state index in [1.165, 1.54) is 12.1 Å². The maximum atomic E-state index is 12.9. The predicted octanol–water partition coefficient (Wildman–Crippen LogP) is 3.60. The Balaban J connectivity index is 2.26. The minimum atomic E-state index is -0.416. The maximum Gasteiger partial charge on any atom is 0.344 e. The van der Waals surface area contributed by atoms with Crippen LogP contribution in [0.4, 0.5) is 4.39 Å². The lowest BCUT2D eigenvalue weighted by molar-refractivity contribution is 0.563. The molecule has 0 amide bonds. The highest BCUT2D eigenvalue weighted by atomic mass is 19.1. The van der Waals surface area contributed by atoms with E-state index in [-0.39, 0.29) is 5.82 Å². The van der Waals surface area contributed by atoms with Crippen LogP contribution < -0.4 is 5.63 Å². The summed E-state index contributed by atoms with van der Waals surface area (Å²) in [7, 11) is 0. The van der Waals surface area contributed by atoms with Crippen molar-refractivity contribution in [3.63, 3.8) is 0 Å². The molecule has 88 valence electrons. The number of rotatable bonds is 1. The van der Waals surface area contributed by atoms with Crippen LogP contribution in [0.5, 0.6) is 0 Å². The lowest BCUT2D eigenvalue weighted by Crippen LogP contribution is -2.02. The van der Waals surface area contributed by atoms with Crippen molar-refractivity contribution in [2.75, 3.05) is 0 Å². The summed E-state index contributed by atoms with van der Waals surface area (Å²) in [6, 6.07) is 14.8. The first kappa shape index (κ1) is 10.7. The van der Waals surface area contributed by atoms with Crippen molar-refractivity contribution in [1.29, 1.82) is 0 Å². The predicted molar refractivity (Wildman–Crippen MR) is 67.9 cm³/mol. The number of para-hydroxylation sites is 1. The van der Waals surface area contributed by atoms with Crippen LogP contribution in [0, 0.1) is 5.82 Å². The Hall–Kier alpha value is -2.42. The molecule has 3 rings (SSSR count). The van der Waals surface area contributed by atoms with Gasteiger partial charge in [-0.1, -0.05) is 30.3 Å². The molecule has 0 aliphatic carbocycles. The van der Waals surface area contributed by atoms with Crippen molar-refractivity contribution in [1.82, 2.24) is 0 Å². The summed E-state index contributed by atoms with van der Waals surface area (Å²) in [5, 5.41) is 0.844. The first-order valence-electron chi connectivity index (χ1n) is 5.53. The molecular formula is C15H9FO2. The topological polar surface area (TPSA) is 30.2 Å². The summed E-state index contributed by atoms with van der Waals surface area (Å²) in [5.74, 6) is -0.330. The van der Waals surface area contributed by atoms with E-state index in [2.05, 4.69) is 0 Å². The maximum absolute atomic E-state index is 12.9. The van der Waals surface area contributed by atoms with Crippen LogP contribution in [0.2, 0.25) is 0 Å². The Kier molecular flexibility index (Phi) is 2.45. The van der Waals surface area contributed by atoms with Gasteiger partial charge >= 0.3 is 5.63 Å². The normalized spacial score (nSPS) is 10.7. The fraction of sp³-hybridized carbons (Fsp3) is 0. The second-order valence-corrected chi connectivity index (χ2v) is 3.99. The van der Waals surface area contributed by atoms with Gasteiger partial charge in [-0.05, 0) is 29.8 Å². The zero-order chi connectivity index (χ0) is 12.5. The van der Waals surface area contributed by atoms with Crippen molar-refractivity contribution in [3.8, 4) is 11.1 Å². The van der Waals surface area contributed by atoms with E-state index in [1.807, 2.05) is 18.2 Å². The zero-order valence-corrected chi connectivity index (χ0v) is 9.39. The van der Waals surface area contributed by atoms with Crippen molar-refractivity contribution in [2.45, 2.75) is 0 Å². The fourth-order valence-corrected chi connectivity index (χ4v) is 1.89. The standard InChI is InChI=1S/C15H9FO2/c16-12-7-5-10(6-8-12)13-9-11-3-1-2-4-14(11)18-15(13)17/h1-9H. The molecule has 0 N–H and O–H groups in total. The average Bonchev–Trinajstić information content (AvgIpc) is 2.39. The van der Waals surface area contributed by atoms with Crippen LogP contribution in [0.15, 0.2) is 63.8 Å². The first-order chi connectivity index (χ1) is 8.74. The molecule has 2 nitrogen and oxygen atoms in total. The summed E-state index contributed by atoms with van der Waals surface area (Å²) in [5.41, 5.74) is 1.22. The minimum Gasteiger partial charge on any atom is -0.422 e. The van der Waals surface area contributed by atoms with E-state index in [4.69, 9.17) is 4.42 Å². The summed E-state index contributed by atoms with van der Waals surface area (Å²) < 4.78 is 18.1. The summed E-state index contributed by atoms with van der Waals surface area (Å²) >= 11 is 0. The van der Waals surface area contributed by atoms with Crippen molar-refractivity contribution < 1.29 is 8.81 Å². The van der Waals surface area contributed by atoms with E-state index >= 15 is 0 Å². The van der Waals surface area contributed by atoms with E-state index in [1.54, 1.807) is 24.3 Å². The molecule has 1 heterocycles. The second kappa shape index (κ2) is 4.11. The molecule has 18 heavy (non-hydrogen) atoms. The Morgan fingerprint density at radius 3 is 2.44 bits per heavy atom. The molecule has 0 saturated heterocycles. The summed E-state index contributed by atoms with van der Waals surface area (Å²) in [6.07, 6.45) is 0. The molecule has 0 aliphatic rings. The Morgan fingerprint density at radius 1 is 0.944 bits per heavy atom. The van der Waals surface area contributed by atoms with Gasteiger partial charge in [-0.3, -0.25) is 0 Å². The van der Waals surface area contributed by atoms with Gasteiger partial charge < -0.3 is 4.42 Å². The van der Waals surface area contributed by atoms with Gasteiger partial charge in [0.1, 0.15) is 11.4 Å². The van der Waals surface area contributed by atoms with Crippen molar-refractivity contribution >= 4 is 11.0 Å². The number of halogens is 1. The van der Waals surface area contributed by atoms with Gasteiger partial charge in [0.15, 0.2) is 0 Å². The second-order valence-electron chi connectivity index (χ2n) is 3.99. The van der Waals surface area contributed by atoms with Crippen molar-refractivity contribution in [3.05, 3.63) is 70.8 Å². The molecule has 0 fully saturated rings. The first-order valence-corrected chi connectivity index (χ1v) is 5.53. The molecule has 0 saturated carbocycles. The van der Waals surface area contributed by atoms with Gasteiger partial charge in [-0.25, -0.2) is 9.18 Å². The molecule has 0 atom stereocenters. The number of hydrogen-bond acceptors (Lipinski definition) is 2. The number of benzene rings is 2. The molecule has 3 aromatic rings. The molecule has 0 bridgehead atoms. The largest absolute Gasteiger partial charge is 0.422 e. The minimum absolute atomic E-state index is 0.330. The van der Waals surface area contributed by atoms with Crippen LogP contribution in [0.25, 0.3) is 22.1 Å². The third-order valence-electron chi connectivity index (χ3n) is 2.80. The summed E-state index contributed by atoms with van der Waals surface area (Å²) in [6.45, 7) is 0. The Labute approximate surface area is 102 Å². The van der Waals surface area contributed by atoms with E-state index in [9.17, 15) is 9.18 Å². The third-order valence-corrected chi connectivity index (χ3v) is 2.80. The zero-order valence-electron chi connectivity index (χ0n) is 9.39. The molecule has 0 spiro atoms. The highest BCUT2D eigenvalue weighted by molar-refractivity contribution is 5.81. The van der Waals surface area contributed by atoms with E-state index in [0.29, 0.717) is 16.7 Å². The SMILES string of the molecule is O=c1oc2ccccc2cc1-c1ccc(F)cc1. The van der Waals surface area contributed by atoms with Gasteiger partial charge in [0.25, 0.3) is 0 Å². The number of hydrogen-bond donors (Lipinski definition) is 0. The highest BCUT2D eigenvalue weighted by Gasteiger charge is 2.07. The Bertz CT molecular complexity index is 757. The van der Waals surface area contributed by atoms with Gasteiger partial charge in [0.05, 0.1) is 5.56 Å². The van der Waals surface area contributed by atoms with Gasteiger partial charge in [-0.2, -0.15) is 0 Å². The lowest BCUT2D eigenvalue weighted by Gasteiger charge is -2.02. The highest BCUT2D eigenvalue weighted by Crippen LogP contribution is 2.20. The lowest BCUT2D eigenvalue weighted by atomic mass is 10.1. The van der Waals surface area contributed by atoms with Crippen molar-refractivity contribution in [2.24, 2.45) is 0 Å².